The average molecular weight is 367 g/mol. The van der Waals surface area contributed by atoms with Crippen LogP contribution in [0.1, 0.15) is 57.2 Å². The van der Waals surface area contributed by atoms with Gasteiger partial charge in [-0.25, -0.2) is 9.78 Å². The van der Waals surface area contributed by atoms with E-state index in [0.717, 1.165) is 24.2 Å². The summed E-state index contributed by atoms with van der Waals surface area (Å²) in [5.74, 6) is 0.122. The number of aryl methyl sites for hydroxylation is 2. The van der Waals surface area contributed by atoms with Gasteiger partial charge in [-0.3, -0.25) is 10.1 Å². The van der Waals surface area contributed by atoms with Crippen molar-refractivity contribution in [2.24, 2.45) is 5.92 Å². The average Bonchev–Trinajstić information content (AvgIpc) is 3.10. The number of nitrogens with one attached hydrogen (secondary N) is 1. The lowest BCUT2D eigenvalue weighted by atomic mass is 9.90. The zero-order chi connectivity index (χ0) is 17.3. The quantitative estimate of drug-likeness (QED) is 0.819. The van der Waals surface area contributed by atoms with Crippen LogP contribution in [-0.2, 0) is 17.6 Å². The molecule has 1 N–H and O–H groups in total. The van der Waals surface area contributed by atoms with Gasteiger partial charge in [0.25, 0.3) is 5.91 Å². The van der Waals surface area contributed by atoms with Gasteiger partial charge in [0.15, 0.2) is 5.13 Å². The lowest BCUT2D eigenvalue weighted by Gasteiger charge is -2.16. The van der Waals surface area contributed by atoms with Gasteiger partial charge in [-0.2, -0.15) is 0 Å². The van der Waals surface area contributed by atoms with Crippen LogP contribution in [0.25, 0.3) is 0 Å². The van der Waals surface area contributed by atoms with Gasteiger partial charge in [0.2, 0.25) is 0 Å². The molecule has 0 spiro atoms. The van der Waals surface area contributed by atoms with Gasteiger partial charge in [-0.05, 0) is 50.7 Å². The van der Waals surface area contributed by atoms with Gasteiger partial charge in [0, 0.05) is 6.30 Å². The second kappa shape index (κ2) is 7.03. The number of anilines is 1. The maximum atomic E-state index is 12.5. The van der Waals surface area contributed by atoms with E-state index >= 15 is 0 Å². The number of fused-ring (bicyclic) bond motifs is 1. The topological polar surface area (TPSA) is 68.3 Å². The molecule has 7 heteroatoms. The molecule has 0 saturated heterocycles. The smallest absolute Gasteiger partial charge is 0.350 e. The number of carbonyl (C=O) groups is 2. The van der Waals surface area contributed by atoms with Crippen LogP contribution in [0, 0.1) is 12.8 Å². The standard InChI is InChI=1S/C17H20N2O3S2.H2/c1-4-22-16(21)14-10(3)18-17(24-14)19-15(20)13-8-11-7-9(2)5-6-12(11)23-13;/h8-9H,4-7H2,1-3H3,(H,18,19,20);1H. The molecular formula is C17H22N2O3S2. The highest BCUT2D eigenvalue weighted by Crippen LogP contribution is 2.33. The van der Waals surface area contributed by atoms with Gasteiger partial charge >= 0.3 is 5.97 Å². The first-order valence-corrected chi connectivity index (χ1v) is 9.68. The van der Waals surface area contributed by atoms with Crippen molar-refractivity contribution in [2.75, 3.05) is 11.9 Å². The fourth-order valence-electron chi connectivity index (χ4n) is 2.81. The highest BCUT2D eigenvalue weighted by molar-refractivity contribution is 7.18. The van der Waals surface area contributed by atoms with Crippen LogP contribution in [0.15, 0.2) is 6.07 Å². The number of esters is 1. The maximum absolute atomic E-state index is 12.5. The number of thiazole rings is 1. The van der Waals surface area contributed by atoms with Crippen LogP contribution in [0.2, 0.25) is 0 Å². The van der Waals surface area contributed by atoms with E-state index in [2.05, 4.69) is 17.2 Å². The summed E-state index contributed by atoms with van der Waals surface area (Å²) in [5, 5.41) is 3.24. The van der Waals surface area contributed by atoms with Crippen molar-refractivity contribution >= 4 is 39.7 Å². The molecule has 2 aromatic rings. The molecule has 1 aliphatic carbocycles. The number of aromatic nitrogens is 1. The largest absolute Gasteiger partial charge is 0.462 e. The number of thiophene rings is 1. The number of ether oxygens (including phenoxy) is 1. The molecule has 1 amide bonds. The molecule has 2 aromatic heterocycles. The van der Waals surface area contributed by atoms with Crippen LogP contribution in [0.5, 0.6) is 0 Å². The summed E-state index contributed by atoms with van der Waals surface area (Å²) in [6.45, 7) is 6.06. The van der Waals surface area contributed by atoms with Crippen molar-refractivity contribution in [1.82, 2.24) is 4.98 Å². The molecule has 3 rings (SSSR count). The van der Waals surface area contributed by atoms with Crippen molar-refractivity contribution < 1.29 is 15.8 Å². The molecule has 0 radical (unpaired) electrons. The molecule has 0 aliphatic heterocycles. The Morgan fingerprint density at radius 1 is 1.46 bits per heavy atom. The SMILES string of the molecule is CCOC(=O)c1sc(NC(=O)c2cc3c(s2)CCC(C)C3)nc1C.[HH]. The molecule has 24 heavy (non-hydrogen) atoms. The molecule has 0 bridgehead atoms. The predicted octanol–water partition coefficient (Wildman–Crippen LogP) is 4.31. The lowest BCUT2D eigenvalue weighted by Crippen LogP contribution is -2.10. The van der Waals surface area contributed by atoms with Crippen molar-refractivity contribution in [3.63, 3.8) is 0 Å². The Balaban J connectivity index is 0.00000225. The van der Waals surface area contributed by atoms with Crippen LogP contribution in [-0.4, -0.2) is 23.5 Å². The zero-order valence-electron chi connectivity index (χ0n) is 14.0. The second-order valence-electron chi connectivity index (χ2n) is 6.02. The Labute approximate surface area is 150 Å². The van der Waals surface area contributed by atoms with Gasteiger partial charge in [0.1, 0.15) is 4.88 Å². The maximum Gasteiger partial charge on any atom is 0.350 e. The number of hydrogen-bond donors (Lipinski definition) is 1. The third-order valence-electron chi connectivity index (χ3n) is 4.03. The summed E-state index contributed by atoms with van der Waals surface area (Å²) in [6.07, 6.45) is 3.28. The molecular weight excluding hydrogens is 344 g/mol. The minimum absolute atomic E-state index is 0. The van der Waals surface area contributed by atoms with E-state index in [9.17, 15) is 9.59 Å². The number of nitrogens with zero attached hydrogens (tertiary/aromatic N) is 1. The van der Waals surface area contributed by atoms with Crippen LogP contribution < -0.4 is 5.32 Å². The first-order valence-electron chi connectivity index (χ1n) is 8.05. The van der Waals surface area contributed by atoms with Crippen LogP contribution in [0.3, 0.4) is 0 Å². The van der Waals surface area contributed by atoms with E-state index in [-0.39, 0.29) is 7.33 Å². The van der Waals surface area contributed by atoms with Crippen molar-refractivity contribution in [1.29, 1.82) is 0 Å². The Bertz CT molecular complexity index is 785. The lowest BCUT2D eigenvalue weighted by molar-refractivity contribution is 0.0531. The van der Waals surface area contributed by atoms with Crippen molar-refractivity contribution in [3.8, 4) is 0 Å². The first kappa shape index (κ1) is 17.1. The Kier molecular flexibility index (Phi) is 5.01. The zero-order valence-corrected chi connectivity index (χ0v) is 15.6. The van der Waals surface area contributed by atoms with Crippen LogP contribution in [0.4, 0.5) is 5.13 Å². The number of amides is 1. The molecule has 1 aliphatic rings. The first-order chi connectivity index (χ1) is 11.5. The van der Waals surface area contributed by atoms with Crippen LogP contribution >= 0.6 is 22.7 Å². The number of hydrogen-bond acceptors (Lipinski definition) is 6. The van der Waals surface area contributed by atoms with E-state index in [1.165, 1.54) is 16.9 Å². The summed E-state index contributed by atoms with van der Waals surface area (Å²) in [6, 6.07) is 2.00. The van der Waals surface area contributed by atoms with E-state index < -0.39 is 5.97 Å². The molecule has 130 valence electrons. The van der Waals surface area contributed by atoms with E-state index in [0.29, 0.717) is 33.1 Å². The van der Waals surface area contributed by atoms with E-state index in [1.54, 1.807) is 25.2 Å². The highest BCUT2D eigenvalue weighted by Gasteiger charge is 2.22. The summed E-state index contributed by atoms with van der Waals surface area (Å²) in [5.41, 5.74) is 1.87. The fraction of sp³-hybridized carbons (Fsp3) is 0.471. The molecule has 1 unspecified atom stereocenters. The monoisotopic (exact) mass is 366 g/mol. The molecule has 1 atom stereocenters. The minimum atomic E-state index is -0.395. The fourth-order valence-corrected chi connectivity index (χ4v) is 4.77. The Morgan fingerprint density at radius 2 is 2.25 bits per heavy atom. The third kappa shape index (κ3) is 3.52. The van der Waals surface area contributed by atoms with E-state index in [4.69, 9.17) is 4.74 Å². The Morgan fingerprint density at radius 3 is 3.00 bits per heavy atom. The number of carbonyl (C=O) groups excluding carboxylic acids is 2. The molecule has 2 heterocycles. The molecule has 5 nitrogen and oxygen atoms in total. The summed E-state index contributed by atoms with van der Waals surface area (Å²) >= 11 is 2.72. The third-order valence-corrected chi connectivity index (χ3v) is 6.32. The summed E-state index contributed by atoms with van der Waals surface area (Å²) < 4.78 is 5.00. The molecule has 0 aromatic carbocycles. The van der Waals surface area contributed by atoms with Gasteiger partial charge in [-0.1, -0.05) is 18.3 Å². The Hall–Kier alpha value is -1.73. The summed E-state index contributed by atoms with van der Waals surface area (Å²) in [4.78, 5) is 31.0. The summed E-state index contributed by atoms with van der Waals surface area (Å²) in [7, 11) is 0. The normalized spacial score (nSPS) is 16.5. The molecule has 0 saturated carbocycles. The minimum Gasteiger partial charge on any atom is -0.462 e. The van der Waals surface area contributed by atoms with Crippen molar-refractivity contribution in [3.05, 3.63) is 32.0 Å². The predicted molar refractivity (Wildman–Crippen MR) is 98.4 cm³/mol. The van der Waals surface area contributed by atoms with E-state index in [1.807, 2.05) is 6.07 Å². The van der Waals surface area contributed by atoms with Crippen molar-refractivity contribution in [2.45, 2.75) is 40.0 Å². The molecule has 0 fully saturated rings. The second-order valence-corrected chi connectivity index (χ2v) is 8.15. The van der Waals surface area contributed by atoms with Gasteiger partial charge in [-0.15, -0.1) is 11.3 Å². The number of rotatable bonds is 4. The highest BCUT2D eigenvalue weighted by atomic mass is 32.1. The van der Waals surface area contributed by atoms with Gasteiger partial charge < -0.3 is 4.74 Å². The van der Waals surface area contributed by atoms with Gasteiger partial charge in [0.05, 0.1) is 17.2 Å².